The first-order chi connectivity index (χ1) is 10.2. The molecule has 1 saturated carbocycles. The van der Waals surface area contributed by atoms with Crippen LogP contribution in [0.25, 0.3) is 0 Å². The quantitative estimate of drug-likeness (QED) is 0.374. The number of rotatable bonds is 8. The average molecular weight is 436 g/mol. The highest BCUT2D eigenvalue weighted by molar-refractivity contribution is 14.0. The second-order valence-electron chi connectivity index (χ2n) is 5.72. The fraction of sp³-hybridized carbons (Fsp3) is 0.688. The van der Waals surface area contributed by atoms with E-state index in [0.717, 1.165) is 38.1 Å². The number of hydrogen-bond acceptors (Lipinski definition) is 3. The maximum Gasteiger partial charge on any atom is 0.191 e. The van der Waals surface area contributed by atoms with Gasteiger partial charge >= 0.3 is 0 Å². The molecule has 1 heterocycles. The van der Waals surface area contributed by atoms with E-state index in [4.69, 9.17) is 4.99 Å². The van der Waals surface area contributed by atoms with Crippen LogP contribution in [0.4, 0.5) is 0 Å². The standard InChI is InChI=1S/C16H28N4S.HI/c1-4-17-16(18-10-9-15-6-5-11-21-15)19-12-13(2)20(3)14-7-8-14;/h5-6,11,13-14H,4,7-10,12H2,1-3H3,(H2,17,18,19);1H. The Balaban J connectivity index is 0.00000242. The summed E-state index contributed by atoms with van der Waals surface area (Å²) in [6, 6.07) is 5.59. The van der Waals surface area contributed by atoms with Gasteiger partial charge in [-0.3, -0.25) is 9.89 Å². The Bertz CT molecular complexity index is 431. The lowest BCUT2D eigenvalue weighted by molar-refractivity contribution is 0.253. The average Bonchev–Trinajstić information content (AvgIpc) is 3.21. The lowest BCUT2D eigenvalue weighted by Crippen LogP contribution is -2.40. The molecule has 126 valence electrons. The van der Waals surface area contributed by atoms with Crippen molar-refractivity contribution in [2.75, 3.05) is 26.7 Å². The lowest BCUT2D eigenvalue weighted by Gasteiger charge is -2.23. The molecule has 22 heavy (non-hydrogen) atoms. The zero-order valence-electron chi connectivity index (χ0n) is 13.8. The van der Waals surface area contributed by atoms with E-state index >= 15 is 0 Å². The maximum atomic E-state index is 4.72. The lowest BCUT2D eigenvalue weighted by atomic mass is 10.3. The van der Waals surface area contributed by atoms with E-state index in [1.54, 1.807) is 0 Å². The molecule has 6 heteroatoms. The van der Waals surface area contributed by atoms with Crippen LogP contribution in [0, 0.1) is 0 Å². The van der Waals surface area contributed by atoms with Crippen LogP contribution in [0.15, 0.2) is 22.5 Å². The smallest absolute Gasteiger partial charge is 0.191 e. The first-order valence-corrected chi connectivity index (χ1v) is 8.85. The van der Waals surface area contributed by atoms with Gasteiger partial charge in [-0.2, -0.15) is 0 Å². The number of guanidine groups is 1. The van der Waals surface area contributed by atoms with Crippen LogP contribution in [0.1, 0.15) is 31.6 Å². The summed E-state index contributed by atoms with van der Waals surface area (Å²) >= 11 is 1.81. The fourth-order valence-electron chi connectivity index (χ4n) is 2.29. The van der Waals surface area contributed by atoms with E-state index < -0.39 is 0 Å². The molecule has 1 fully saturated rings. The predicted octanol–water partition coefficient (Wildman–Crippen LogP) is 2.95. The van der Waals surface area contributed by atoms with Gasteiger partial charge in [-0.15, -0.1) is 35.3 Å². The van der Waals surface area contributed by atoms with Gasteiger partial charge in [-0.25, -0.2) is 0 Å². The van der Waals surface area contributed by atoms with Crippen molar-refractivity contribution in [3.05, 3.63) is 22.4 Å². The second kappa shape index (κ2) is 10.4. The summed E-state index contributed by atoms with van der Waals surface area (Å²) in [5.74, 6) is 0.935. The summed E-state index contributed by atoms with van der Waals surface area (Å²) in [5.41, 5.74) is 0. The van der Waals surface area contributed by atoms with Gasteiger partial charge in [0, 0.05) is 30.1 Å². The third-order valence-electron chi connectivity index (χ3n) is 3.92. The summed E-state index contributed by atoms with van der Waals surface area (Å²) in [4.78, 5) is 8.59. The molecule has 0 radical (unpaired) electrons. The predicted molar refractivity (Wildman–Crippen MR) is 108 cm³/mol. The molecule has 0 aliphatic heterocycles. The van der Waals surface area contributed by atoms with Gasteiger partial charge < -0.3 is 10.6 Å². The van der Waals surface area contributed by atoms with Gasteiger partial charge in [0.2, 0.25) is 0 Å². The van der Waals surface area contributed by atoms with Crippen molar-refractivity contribution in [2.45, 2.75) is 45.2 Å². The van der Waals surface area contributed by atoms with Crippen LogP contribution in [0.3, 0.4) is 0 Å². The minimum atomic E-state index is 0. The molecule has 0 aromatic carbocycles. The molecular formula is C16H29IN4S. The summed E-state index contributed by atoms with van der Waals surface area (Å²) in [6.07, 6.45) is 3.76. The van der Waals surface area contributed by atoms with Crippen LogP contribution in [-0.2, 0) is 6.42 Å². The van der Waals surface area contributed by atoms with Gasteiger partial charge in [0.15, 0.2) is 5.96 Å². The van der Waals surface area contributed by atoms with Crippen LogP contribution in [0.2, 0.25) is 0 Å². The Kier molecular flexibility index (Phi) is 9.35. The summed E-state index contributed by atoms with van der Waals surface area (Å²) < 4.78 is 0. The molecule has 0 bridgehead atoms. The van der Waals surface area contributed by atoms with Crippen LogP contribution in [0.5, 0.6) is 0 Å². The Morgan fingerprint density at radius 3 is 2.82 bits per heavy atom. The number of hydrogen-bond donors (Lipinski definition) is 2. The van der Waals surface area contributed by atoms with Crippen LogP contribution in [-0.4, -0.2) is 49.6 Å². The minimum absolute atomic E-state index is 0. The Morgan fingerprint density at radius 1 is 1.45 bits per heavy atom. The molecule has 2 rings (SSSR count). The van der Waals surface area contributed by atoms with Crippen LogP contribution >= 0.6 is 35.3 Å². The van der Waals surface area contributed by atoms with Crippen LogP contribution < -0.4 is 10.6 Å². The Labute approximate surface area is 155 Å². The van der Waals surface area contributed by atoms with Crippen molar-refractivity contribution in [1.29, 1.82) is 0 Å². The molecule has 1 aliphatic rings. The topological polar surface area (TPSA) is 39.7 Å². The zero-order valence-corrected chi connectivity index (χ0v) is 17.0. The van der Waals surface area contributed by atoms with E-state index in [-0.39, 0.29) is 24.0 Å². The molecule has 1 unspecified atom stereocenters. The number of aliphatic imine (C=N–C) groups is 1. The van der Waals surface area contributed by atoms with E-state index in [1.807, 2.05) is 11.3 Å². The first kappa shape index (κ1) is 19.7. The SMILES string of the molecule is CCNC(=NCC(C)N(C)C1CC1)NCCc1cccs1.I. The molecule has 0 amide bonds. The number of thiophene rings is 1. The third-order valence-corrected chi connectivity index (χ3v) is 4.86. The summed E-state index contributed by atoms with van der Waals surface area (Å²) in [7, 11) is 2.22. The number of likely N-dealkylation sites (N-methyl/N-ethyl adjacent to an activating group) is 1. The fourth-order valence-corrected chi connectivity index (χ4v) is 3.00. The van der Waals surface area contributed by atoms with Gasteiger partial charge in [0.1, 0.15) is 0 Å². The first-order valence-electron chi connectivity index (χ1n) is 7.97. The molecule has 1 atom stereocenters. The largest absolute Gasteiger partial charge is 0.357 e. The number of nitrogens with one attached hydrogen (secondary N) is 2. The molecule has 1 aromatic rings. The number of halogens is 1. The van der Waals surface area contributed by atoms with Crippen molar-refractivity contribution in [3.63, 3.8) is 0 Å². The van der Waals surface area contributed by atoms with Crippen molar-refractivity contribution < 1.29 is 0 Å². The Hall–Kier alpha value is -0.340. The molecule has 0 saturated heterocycles. The normalized spacial score (nSPS) is 16.3. The highest BCUT2D eigenvalue weighted by Crippen LogP contribution is 2.26. The minimum Gasteiger partial charge on any atom is -0.357 e. The van der Waals surface area contributed by atoms with Gasteiger partial charge in [-0.05, 0) is 51.6 Å². The molecule has 2 N–H and O–H groups in total. The highest BCUT2D eigenvalue weighted by Gasteiger charge is 2.28. The van der Waals surface area contributed by atoms with E-state index in [0.29, 0.717) is 6.04 Å². The monoisotopic (exact) mass is 436 g/mol. The molecule has 0 spiro atoms. The zero-order chi connectivity index (χ0) is 15.1. The van der Waals surface area contributed by atoms with E-state index in [2.05, 4.69) is 53.9 Å². The van der Waals surface area contributed by atoms with Crippen molar-refractivity contribution in [2.24, 2.45) is 4.99 Å². The van der Waals surface area contributed by atoms with Gasteiger partial charge in [0.25, 0.3) is 0 Å². The molecular weight excluding hydrogens is 407 g/mol. The Morgan fingerprint density at radius 2 is 2.23 bits per heavy atom. The molecule has 1 aliphatic carbocycles. The third kappa shape index (κ3) is 6.83. The van der Waals surface area contributed by atoms with Crippen molar-refractivity contribution >= 4 is 41.3 Å². The highest BCUT2D eigenvalue weighted by atomic mass is 127. The van der Waals surface area contributed by atoms with Crippen molar-refractivity contribution in [1.82, 2.24) is 15.5 Å². The molecule has 4 nitrogen and oxygen atoms in total. The van der Waals surface area contributed by atoms with Gasteiger partial charge in [0.05, 0.1) is 6.54 Å². The summed E-state index contributed by atoms with van der Waals surface area (Å²) in [6.45, 7) is 7.05. The summed E-state index contributed by atoms with van der Waals surface area (Å²) in [5, 5.41) is 8.88. The number of nitrogens with zero attached hydrogens (tertiary/aromatic N) is 2. The molecule has 1 aromatic heterocycles. The van der Waals surface area contributed by atoms with Crippen molar-refractivity contribution in [3.8, 4) is 0 Å². The second-order valence-corrected chi connectivity index (χ2v) is 6.75. The van der Waals surface area contributed by atoms with E-state index in [9.17, 15) is 0 Å². The van der Waals surface area contributed by atoms with Gasteiger partial charge in [-0.1, -0.05) is 6.07 Å². The van der Waals surface area contributed by atoms with E-state index in [1.165, 1.54) is 17.7 Å². The maximum absolute atomic E-state index is 4.72.